The number of benzene rings is 2. The van der Waals surface area contributed by atoms with Crippen molar-refractivity contribution in [3.05, 3.63) is 61.3 Å². The summed E-state index contributed by atoms with van der Waals surface area (Å²) in [6, 6.07) is 14.3. The molecule has 10 heteroatoms. The summed E-state index contributed by atoms with van der Waals surface area (Å²) in [7, 11) is 7.64. The van der Waals surface area contributed by atoms with E-state index >= 15 is 0 Å². The van der Waals surface area contributed by atoms with Crippen molar-refractivity contribution in [2.45, 2.75) is 18.9 Å². The normalized spacial score (nSPS) is 12.9. The number of rotatable bonds is 11. The number of hydrogen-bond acceptors (Lipinski definition) is 8. The number of para-hydroxylation sites is 1. The van der Waals surface area contributed by atoms with E-state index in [9.17, 15) is 4.79 Å². The number of carbonyl (C=O) groups excluding carboxylic acids is 1. The van der Waals surface area contributed by atoms with E-state index in [1.54, 1.807) is 13.3 Å². The van der Waals surface area contributed by atoms with Crippen molar-refractivity contribution in [3.63, 3.8) is 0 Å². The molecule has 2 heterocycles. The lowest BCUT2D eigenvalue weighted by Gasteiger charge is -2.26. The summed E-state index contributed by atoms with van der Waals surface area (Å²) in [4.78, 5) is 25.7. The second-order valence-electron chi connectivity index (χ2n) is 9.92. The van der Waals surface area contributed by atoms with Crippen LogP contribution in [0.15, 0.2) is 61.3 Å². The van der Waals surface area contributed by atoms with Crippen molar-refractivity contribution in [1.29, 1.82) is 0 Å². The first-order valence-corrected chi connectivity index (χ1v) is 13.0. The average Bonchev–Trinajstić information content (AvgIpc) is 3.71. The van der Waals surface area contributed by atoms with Gasteiger partial charge in [0.1, 0.15) is 11.4 Å². The number of methoxy groups -OCH3 is 1. The molecule has 0 spiro atoms. The minimum Gasteiger partial charge on any atom is -0.494 e. The third-order valence-electron chi connectivity index (χ3n) is 6.71. The Hall–Kier alpha value is -4.44. The van der Waals surface area contributed by atoms with Gasteiger partial charge in [0.05, 0.1) is 41.4 Å². The van der Waals surface area contributed by atoms with Crippen LogP contribution in [-0.2, 0) is 4.79 Å². The molecular formula is C29H34N8O2. The van der Waals surface area contributed by atoms with Gasteiger partial charge < -0.3 is 25.2 Å². The summed E-state index contributed by atoms with van der Waals surface area (Å²) >= 11 is 0. The van der Waals surface area contributed by atoms with E-state index in [2.05, 4.69) is 48.8 Å². The molecule has 4 aromatic rings. The van der Waals surface area contributed by atoms with Crippen molar-refractivity contribution in [1.82, 2.24) is 24.6 Å². The van der Waals surface area contributed by atoms with Crippen LogP contribution in [0.25, 0.3) is 22.3 Å². The molecule has 0 saturated heterocycles. The number of anilines is 4. The van der Waals surface area contributed by atoms with Gasteiger partial charge in [0, 0.05) is 37.8 Å². The van der Waals surface area contributed by atoms with E-state index in [1.807, 2.05) is 51.5 Å². The number of fused-ring (bicyclic) bond motifs is 1. The Labute approximate surface area is 228 Å². The van der Waals surface area contributed by atoms with Crippen molar-refractivity contribution < 1.29 is 9.53 Å². The van der Waals surface area contributed by atoms with Crippen LogP contribution in [-0.4, -0.2) is 71.9 Å². The summed E-state index contributed by atoms with van der Waals surface area (Å²) < 4.78 is 7.84. The van der Waals surface area contributed by atoms with E-state index in [0.29, 0.717) is 29.1 Å². The van der Waals surface area contributed by atoms with Gasteiger partial charge in [-0.1, -0.05) is 24.8 Å². The van der Waals surface area contributed by atoms with E-state index < -0.39 is 0 Å². The smallest absolute Gasteiger partial charge is 0.247 e. The van der Waals surface area contributed by atoms with Crippen LogP contribution >= 0.6 is 0 Å². The zero-order valence-electron chi connectivity index (χ0n) is 22.8. The van der Waals surface area contributed by atoms with Crippen LogP contribution in [0, 0.1) is 0 Å². The highest BCUT2D eigenvalue weighted by Crippen LogP contribution is 2.40. The van der Waals surface area contributed by atoms with Crippen LogP contribution in [0.1, 0.15) is 18.9 Å². The lowest BCUT2D eigenvalue weighted by Crippen LogP contribution is -2.29. The quantitative estimate of drug-likeness (QED) is 0.271. The van der Waals surface area contributed by atoms with Crippen LogP contribution in [0.5, 0.6) is 5.75 Å². The van der Waals surface area contributed by atoms with Gasteiger partial charge in [-0.3, -0.25) is 9.48 Å². The molecule has 1 aliphatic carbocycles. The zero-order chi connectivity index (χ0) is 27.5. The van der Waals surface area contributed by atoms with Crippen molar-refractivity contribution in [3.8, 4) is 17.1 Å². The van der Waals surface area contributed by atoms with Crippen LogP contribution in [0.3, 0.4) is 0 Å². The minimum absolute atomic E-state index is 0.301. The zero-order valence-corrected chi connectivity index (χ0v) is 22.8. The maximum Gasteiger partial charge on any atom is 0.247 e. The van der Waals surface area contributed by atoms with Gasteiger partial charge in [-0.15, -0.1) is 0 Å². The first-order chi connectivity index (χ1) is 18.9. The average molecular weight is 527 g/mol. The summed E-state index contributed by atoms with van der Waals surface area (Å²) in [5.41, 5.74) is 4.72. The number of nitrogens with zero attached hydrogens (tertiary/aromatic N) is 6. The lowest BCUT2D eigenvalue weighted by atomic mass is 10.1. The third kappa shape index (κ3) is 5.70. The molecule has 0 bridgehead atoms. The molecule has 0 unspecified atom stereocenters. The number of aromatic nitrogens is 4. The molecule has 1 saturated carbocycles. The van der Waals surface area contributed by atoms with Gasteiger partial charge in [0.25, 0.3) is 0 Å². The molecule has 5 rings (SSSR count). The third-order valence-corrected chi connectivity index (χ3v) is 6.71. The van der Waals surface area contributed by atoms with Gasteiger partial charge in [-0.2, -0.15) is 5.10 Å². The number of likely N-dealkylation sites (N-methyl/N-ethyl adjacent to an activating group) is 2. The van der Waals surface area contributed by atoms with Crippen LogP contribution in [0.2, 0.25) is 0 Å². The molecule has 2 N–H and O–H groups in total. The highest BCUT2D eigenvalue weighted by molar-refractivity contribution is 6.02. The first kappa shape index (κ1) is 26.2. The summed E-state index contributed by atoms with van der Waals surface area (Å²) in [6.07, 6.45) is 5.25. The number of nitrogens with one attached hydrogen (secondary N) is 2. The molecule has 1 aliphatic rings. The Balaban J connectivity index is 1.49. The maximum absolute atomic E-state index is 12.3. The van der Waals surface area contributed by atoms with Crippen molar-refractivity contribution in [2.75, 3.05) is 56.9 Å². The van der Waals surface area contributed by atoms with Gasteiger partial charge in [0.15, 0.2) is 0 Å². The molecule has 1 amide bonds. The number of ether oxygens (including phenoxy) is 1. The van der Waals surface area contributed by atoms with Gasteiger partial charge in [0.2, 0.25) is 11.9 Å². The van der Waals surface area contributed by atoms with Crippen molar-refractivity contribution in [2.24, 2.45) is 0 Å². The van der Waals surface area contributed by atoms with E-state index in [1.165, 1.54) is 6.08 Å². The molecule has 1 fully saturated rings. The van der Waals surface area contributed by atoms with Crippen molar-refractivity contribution >= 4 is 39.8 Å². The summed E-state index contributed by atoms with van der Waals surface area (Å²) in [5.74, 6) is 0.686. The highest BCUT2D eigenvalue weighted by Gasteiger charge is 2.28. The van der Waals surface area contributed by atoms with Gasteiger partial charge in [-0.05, 0) is 51.2 Å². The molecule has 2 aromatic heterocycles. The molecule has 10 nitrogen and oxygen atoms in total. The largest absolute Gasteiger partial charge is 0.494 e. The Kier molecular flexibility index (Phi) is 7.47. The minimum atomic E-state index is -0.301. The lowest BCUT2D eigenvalue weighted by molar-refractivity contribution is -0.111. The first-order valence-electron chi connectivity index (χ1n) is 13.0. The Bertz CT molecular complexity index is 1510. The number of carbonyl (C=O) groups is 1. The Morgan fingerprint density at radius 2 is 1.95 bits per heavy atom. The number of hydrogen-bond donors (Lipinski definition) is 2. The van der Waals surface area contributed by atoms with E-state index in [4.69, 9.17) is 14.8 Å². The van der Waals surface area contributed by atoms with E-state index in [0.717, 1.165) is 53.9 Å². The van der Waals surface area contributed by atoms with Crippen LogP contribution < -0.4 is 20.3 Å². The highest BCUT2D eigenvalue weighted by atomic mass is 16.5. The molecule has 0 radical (unpaired) electrons. The fourth-order valence-electron chi connectivity index (χ4n) is 4.45. The molecule has 0 atom stereocenters. The molecular weight excluding hydrogens is 492 g/mol. The molecule has 0 aliphatic heterocycles. The molecule has 202 valence electrons. The summed E-state index contributed by atoms with van der Waals surface area (Å²) in [6.45, 7) is 5.19. The monoisotopic (exact) mass is 526 g/mol. The second kappa shape index (κ2) is 11.1. The second-order valence-corrected chi connectivity index (χ2v) is 9.92. The van der Waals surface area contributed by atoms with Gasteiger partial charge >= 0.3 is 0 Å². The standard InChI is InChI=1S/C29H34N8O2/c1-6-27(38)31-22-17-23(26(39-5)18-25(22)36(4)16-15-35(2)3)33-29-30-14-13-21(32-29)28-20-9-7-8-10-24(20)37(34-28)19-11-12-19/h6-10,13-14,17-19H,1,11-12,15-16H2,2-5H3,(H,31,38)(H,30,32,33). The Morgan fingerprint density at radius 1 is 1.15 bits per heavy atom. The van der Waals surface area contributed by atoms with E-state index in [-0.39, 0.29) is 5.91 Å². The Morgan fingerprint density at radius 3 is 2.67 bits per heavy atom. The predicted molar refractivity (Wildman–Crippen MR) is 156 cm³/mol. The summed E-state index contributed by atoms with van der Waals surface area (Å²) in [5, 5.41) is 12.2. The fraction of sp³-hybridized carbons (Fsp3) is 0.310. The topological polar surface area (TPSA) is 100 Å². The maximum atomic E-state index is 12.3. The van der Waals surface area contributed by atoms with Gasteiger partial charge in [-0.25, -0.2) is 9.97 Å². The molecule has 39 heavy (non-hydrogen) atoms. The fourth-order valence-corrected chi connectivity index (χ4v) is 4.45. The molecule has 2 aromatic carbocycles. The predicted octanol–water partition coefficient (Wildman–Crippen LogP) is 4.70. The SMILES string of the molecule is C=CC(=O)Nc1cc(Nc2nccc(-c3nn(C4CC4)c4ccccc34)n2)c(OC)cc1N(C)CCN(C)C. The van der Waals surface area contributed by atoms with Crippen LogP contribution in [0.4, 0.5) is 23.0 Å². The number of amides is 1.